The topological polar surface area (TPSA) is 91.5 Å². The van der Waals surface area contributed by atoms with Crippen LogP contribution in [0.2, 0.25) is 0 Å². The van der Waals surface area contributed by atoms with Crippen molar-refractivity contribution < 1.29 is 5.11 Å². The van der Waals surface area contributed by atoms with Crippen LogP contribution >= 0.6 is 0 Å². The van der Waals surface area contributed by atoms with Crippen LogP contribution in [0.25, 0.3) is 5.65 Å². The first-order chi connectivity index (χ1) is 9.38. The summed E-state index contributed by atoms with van der Waals surface area (Å²) in [5.74, 6) is 0.810. The zero-order valence-corrected chi connectivity index (χ0v) is 10.6. The third-order valence-corrected chi connectivity index (χ3v) is 3.39. The molecule has 8 heteroatoms. The second kappa shape index (κ2) is 5.45. The van der Waals surface area contributed by atoms with Crippen molar-refractivity contribution in [2.75, 3.05) is 31.1 Å². The van der Waals surface area contributed by atoms with Crippen LogP contribution in [0.1, 0.15) is 12.8 Å². The molecule has 2 aromatic heterocycles. The highest BCUT2D eigenvalue weighted by molar-refractivity contribution is 5.46. The number of nitrogens with zero attached hydrogens (tertiary/aromatic N) is 6. The maximum Gasteiger partial charge on any atom is 0.199 e. The number of hydrogen-bond donors (Lipinski definition) is 2. The van der Waals surface area contributed by atoms with Gasteiger partial charge in [-0.15, -0.1) is 5.10 Å². The monoisotopic (exact) mass is 263 g/mol. The predicted octanol–water partition coefficient (Wildman–Crippen LogP) is -0.930. The molecule has 1 unspecified atom stereocenters. The zero-order valence-electron chi connectivity index (χ0n) is 10.6. The standard InChI is InChI=1S/C11H17N7O/c19-5-4-17(8-9-2-1-3-13-9)11-7-12-6-10-14-15-16-18(10)11/h6-7,9,13,19H,1-5,8H2. The first-order valence-electron chi connectivity index (χ1n) is 6.50. The summed E-state index contributed by atoms with van der Waals surface area (Å²) < 4.78 is 1.65. The molecule has 0 aliphatic carbocycles. The van der Waals surface area contributed by atoms with Gasteiger partial charge in [0.15, 0.2) is 11.5 Å². The molecule has 0 radical (unpaired) electrons. The van der Waals surface area contributed by atoms with Gasteiger partial charge < -0.3 is 15.3 Å². The van der Waals surface area contributed by atoms with Crippen LogP contribution in [0, 0.1) is 0 Å². The van der Waals surface area contributed by atoms with Gasteiger partial charge in [0.25, 0.3) is 0 Å². The molecule has 19 heavy (non-hydrogen) atoms. The number of hydrogen-bond acceptors (Lipinski definition) is 7. The maximum atomic E-state index is 9.25. The molecule has 0 aromatic carbocycles. The summed E-state index contributed by atoms with van der Waals surface area (Å²) in [5, 5.41) is 24.2. The largest absolute Gasteiger partial charge is 0.395 e. The number of nitrogens with one attached hydrogen (secondary N) is 1. The molecule has 8 nitrogen and oxygen atoms in total. The van der Waals surface area contributed by atoms with Gasteiger partial charge in [0.1, 0.15) is 0 Å². The van der Waals surface area contributed by atoms with E-state index in [4.69, 9.17) is 0 Å². The van der Waals surface area contributed by atoms with Gasteiger partial charge in [-0.3, -0.25) is 4.98 Å². The van der Waals surface area contributed by atoms with Crippen molar-refractivity contribution in [2.24, 2.45) is 0 Å². The molecule has 0 amide bonds. The fourth-order valence-electron chi connectivity index (χ4n) is 2.48. The van der Waals surface area contributed by atoms with Gasteiger partial charge in [-0.1, -0.05) is 0 Å². The van der Waals surface area contributed by atoms with Crippen LogP contribution in [-0.2, 0) is 0 Å². The number of rotatable bonds is 5. The number of aliphatic hydroxyl groups excluding tert-OH is 1. The lowest BCUT2D eigenvalue weighted by atomic mass is 10.2. The number of aliphatic hydroxyl groups is 1. The van der Waals surface area contributed by atoms with Crippen molar-refractivity contribution in [1.82, 2.24) is 30.3 Å². The molecule has 1 atom stereocenters. The van der Waals surface area contributed by atoms with E-state index in [1.54, 1.807) is 16.9 Å². The summed E-state index contributed by atoms with van der Waals surface area (Å²) in [6.07, 6.45) is 5.70. The molecule has 3 rings (SSSR count). The Morgan fingerprint density at radius 3 is 3.21 bits per heavy atom. The molecular formula is C11H17N7O. The Hall–Kier alpha value is -1.80. The van der Waals surface area contributed by atoms with Gasteiger partial charge in [0.05, 0.1) is 19.0 Å². The zero-order chi connectivity index (χ0) is 13.1. The fraction of sp³-hybridized carbons (Fsp3) is 0.636. The van der Waals surface area contributed by atoms with Crippen molar-refractivity contribution >= 4 is 11.5 Å². The van der Waals surface area contributed by atoms with Gasteiger partial charge >= 0.3 is 0 Å². The molecular weight excluding hydrogens is 246 g/mol. The van der Waals surface area contributed by atoms with E-state index in [-0.39, 0.29) is 6.61 Å². The quantitative estimate of drug-likeness (QED) is 0.720. The Labute approximate surface area is 110 Å². The molecule has 1 saturated heterocycles. The van der Waals surface area contributed by atoms with Crippen LogP contribution < -0.4 is 10.2 Å². The minimum atomic E-state index is 0.0885. The van der Waals surface area contributed by atoms with Crippen molar-refractivity contribution in [3.63, 3.8) is 0 Å². The lowest BCUT2D eigenvalue weighted by Crippen LogP contribution is -2.40. The second-order valence-electron chi connectivity index (χ2n) is 4.68. The predicted molar refractivity (Wildman–Crippen MR) is 68.9 cm³/mol. The number of fused-ring (bicyclic) bond motifs is 1. The Bertz CT molecular complexity index is 537. The van der Waals surface area contributed by atoms with Crippen LogP contribution in [0.15, 0.2) is 12.4 Å². The molecule has 1 aliphatic rings. The Balaban J connectivity index is 1.87. The fourth-order valence-corrected chi connectivity index (χ4v) is 2.48. The summed E-state index contributed by atoms with van der Waals surface area (Å²) in [6, 6.07) is 0.443. The smallest absolute Gasteiger partial charge is 0.199 e. The van der Waals surface area contributed by atoms with Gasteiger partial charge in [-0.25, -0.2) is 0 Å². The first kappa shape index (κ1) is 12.2. The van der Waals surface area contributed by atoms with Gasteiger partial charge in [-0.05, 0) is 29.8 Å². The van der Waals surface area contributed by atoms with Gasteiger partial charge in [-0.2, -0.15) is 4.52 Å². The molecule has 0 spiro atoms. The van der Waals surface area contributed by atoms with E-state index >= 15 is 0 Å². The molecule has 102 valence electrons. The maximum absolute atomic E-state index is 9.25. The van der Waals surface area contributed by atoms with Crippen molar-refractivity contribution in [3.05, 3.63) is 12.4 Å². The minimum Gasteiger partial charge on any atom is -0.395 e. The number of anilines is 1. The number of aromatic nitrogens is 5. The SMILES string of the molecule is OCCN(CC1CCCN1)c1cncc2nnnn12. The molecule has 1 aliphatic heterocycles. The lowest BCUT2D eigenvalue weighted by Gasteiger charge is -2.26. The summed E-state index contributed by atoms with van der Waals surface area (Å²) in [5.41, 5.74) is 0.611. The highest BCUT2D eigenvalue weighted by atomic mass is 16.3. The van der Waals surface area contributed by atoms with Crippen LogP contribution in [0.5, 0.6) is 0 Å². The highest BCUT2D eigenvalue weighted by Gasteiger charge is 2.20. The molecule has 1 fully saturated rings. The second-order valence-corrected chi connectivity index (χ2v) is 4.68. The normalized spacial score (nSPS) is 19.1. The minimum absolute atomic E-state index is 0.0885. The summed E-state index contributed by atoms with van der Waals surface area (Å²) >= 11 is 0. The van der Waals surface area contributed by atoms with E-state index in [9.17, 15) is 5.11 Å². The van der Waals surface area contributed by atoms with Gasteiger partial charge in [0.2, 0.25) is 0 Å². The summed E-state index contributed by atoms with van der Waals surface area (Å²) in [7, 11) is 0. The van der Waals surface area contributed by atoms with E-state index in [1.165, 1.54) is 6.42 Å². The molecule has 0 bridgehead atoms. The van der Waals surface area contributed by atoms with Crippen molar-refractivity contribution in [1.29, 1.82) is 0 Å². The Kier molecular flexibility index (Phi) is 3.51. The van der Waals surface area contributed by atoms with E-state index < -0.39 is 0 Å². The lowest BCUT2D eigenvalue weighted by molar-refractivity contribution is 0.299. The van der Waals surface area contributed by atoms with Crippen LogP contribution in [0.3, 0.4) is 0 Å². The number of tetrazole rings is 1. The molecule has 0 saturated carbocycles. The Morgan fingerprint density at radius 2 is 2.42 bits per heavy atom. The van der Waals surface area contributed by atoms with Crippen molar-refractivity contribution in [2.45, 2.75) is 18.9 Å². The molecule has 2 N–H and O–H groups in total. The highest BCUT2D eigenvalue weighted by Crippen LogP contribution is 2.15. The van der Waals surface area contributed by atoms with Crippen LogP contribution in [-0.4, -0.2) is 62.4 Å². The average molecular weight is 263 g/mol. The molecule has 2 aromatic rings. The Morgan fingerprint density at radius 1 is 1.47 bits per heavy atom. The van der Waals surface area contributed by atoms with E-state index in [2.05, 4.69) is 30.7 Å². The summed E-state index contributed by atoms with van der Waals surface area (Å²) in [6.45, 7) is 2.51. The van der Waals surface area contributed by atoms with Crippen molar-refractivity contribution in [3.8, 4) is 0 Å². The molecule has 3 heterocycles. The third-order valence-electron chi connectivity index (χ3n) is 3.39. The average Bonchev–Trinajstić information content (AvgIpc) is 3.08. The van der Waals surface area contributed by atoms with Crippen LogP contribution in [0.4, 0.5) is 5.82 Å². The van der Waals surface area contributed by atoms with E-state index in [1.807, 2.05) is 0 Å². The van der Waals surface area contributed by atoms with E-state index in [0.717, 1.165) is 25.3 Å². The summed E-state index contributed by atoms with van der Waals surface area (Å²) in [4.78, 5) is 6.22. The van der Waals surface area contributed by atoms with Gasteiger partial charge in [0, 0.05) is 19.1 Å². The third kappa shape index (κ3) is 2.49. The first-order valence-corrected chi connectivity index (χ1v) is 6.50. The van der Waals surface area contributed by atoms with E-state index in [0.29, 0.717) is 18.2 Å².